The average Bonchev–Trinajstić information content (AvgIpc) is 2.25. The van der Waals surface area contributed by atoms with Crippen LogP contribution in [0.1, 0.15) is 52.9 Å². The Morgan fingerprint density at radius 1 is 1.25 bits per heavy atom. The van der Waals surface area contributed by atoms with E-state index in [1.807, 2.05) is 0 Å². The second-order valence-electron chi connectivity index (χ2n) is 5.66. The highest BCUT2D eigenvalue weighted by atomic mass is 16.3. The third-order valence-corrected chi connectivity index (χ3v) is 4.29. The molecule has 2 nitrogen and oxygen atoms in total. The fourth-order valence-electron chi connectivity index (χ4n) is 3.11. The largest absolute Gasteiger partial charge is 0.393 e. The molecule has 1 aliphatic rings. The van der Waals surface area contributed by atoms with E-state index in [9.17, 15) is 5.11 Å². The van der Waals surface area contributed by atoms with Gasteiger partial charge in [0.05, 0.1) is 6.10 Å². The molecule has 16 heavy (non-hydrogen) atoms. The third kappa shape index (κ3) is 3.74. The zero-order valence-corrected chi connectivity index (χ0v) is 11.4. The van der Waals surface area contributed by atoms with Gasteiger partial charge in [0.25, 0.3) is 0 Å². The Kier molecular flexibility index (Phi) is 5.77. The molecule has 0 aromatic rings. The van der Waals surface area contributed by atoms with E-state index >= 15 is 0 Å². The van der Waals surface area contributed by atoms with Crippen molar-refractivity contribution in [2.75, 3.05) is 13.6 Å². The van der Waals surface area contributed by atoms with Gasteiger partial charge in [-0.25, -0.2) is 0 Å². The maximum absolute atomic E-state index is 10.0. The van der Waals surface area contributed by atoms with E-state index < -0.39 is 0 Å². The number of aliphatic hydroxyl groups is 1. The van der Waals surface area contributed by atoms with Crippen LogP contribution < -0.4 is 0 Å². The van der Waals surface area contributed by atoms with Crippen LogP contribution in [0.15, 0.2) is 0 Å². The van der Waals surface area contributed by atoms with Crippen LogP contribution in [0.4, 0.5) is 0 Å². The summed E-state index contributed by atoms with van der Waals surface area (Å²) >= 11 is 0. The van der Waals surface area contributed by atoms with Crippen LogP contribution >= 0.6 is 0 Å². The van der Waals surface area contributed by atoms with Crippen molar-refractivity contribution < 1.29 is 5.11 Å². The molecule has 0 aliphatic heterocycles. The summed E-state index contributed by atoms with van der Waals surface area (Å²) in [5, 5.41) is 10.0. The molecule has 0 heterocycles. The van der Waals surface area contributed by atoms with Crippen LogP contribution in [0, 0.1) is 11.8 Å². The number of nitrogens with zero attached hydrogens (tertiary/aromatic N) is 1. The van der Waals surface area contributed by atoms with Crippen molar-refractivity contribution >= 4 is 0 Å². The van der Waals surface area contributed by atoms with E-state index in [2.05, 4.69) is 32.7 Å². The third-order valence-electron chi connectivity index (χ3n) is 4.29. The summed E-state index contributed by atoms with van der Waals surface area (Å²) in [4.78, 5) is 2.45. The summed E-state index contributed by atoms with van der Waals surface area (Å²) in [5.74, 6) is 1.29. The second-order valence-corrected chi connectivity index (χ2v) is 5.66. The van der Waals surface area contributed by atoms with E-state index in [1.165, 1.54) is 25.7 Å². The van der Waals surface area contributed by atoms with E-state index in [-0.39, 0.29) is 6.10 Å². The van der Waals surface area contributed by atoms with Gasteiger partial charge in [0, 0.05) is 12.6 Å². The smallest absolute Gasteiger partial charge is 0.0580 e. The maximum atomic E-state index is 10.0. The molecular formula is C14H29NO. The molecular weight excluding hydrogens is 198 g/mol. The molecule has 3 atom stereocenters. The van der Waals surface area contributed by atoms with E-state index in [0.717, 1.165) is 18.9 Å². The van der Waals surface area contributed by atoms with Crippen molar-refractivity contribution in [1.82, 2.24) is 4.90 Å². The second kappa shape index (κ2) is 6.61. The predicted octanol–water partition coefficient (Wildman–Crippen LogP) is 2.90. The first-order valence-corrected chi connectivity index (χ1v) is 6.96. The van der Waals surface area contributed by atoms with Gasteiger partial charge >= 0.3 is 0 Å². The highest BCUT2D eigenvalue weighted by Crippen LogP contribution is 2.30. The summed E-state index contributed by atoms with van der Waals surface area (Å²) in [5.41, 5.74) is 0. The van der Waals surface area contributed by atoms with E-state index in [0.29, 0.717) is 12.0 Å². The fourth-order valence-corrected chi connectivity index (χ4v) is 3.11. The molecule has 0 amide bonds. The molecule has 3 unspecified atom stereocenters. The van der Waals surface area contributed by atoms with Gasteiger partial charge in [-0.2, -0.15) is 0 Å². The average molecular weight is 227 g/mol. The normalized spacial score (nSPS) is 31.3. The molecule has 96 valence electrons. The molecule has 1 fully saturated rings. The summed E-state index contributed by atoms with van der Waals surface area (Å²) < 4.78 is 0. The first-order chi connectivity index (χ1) is 7.58. The number of rotatable bonds is 5. The predicted molar refractivity (Wildman–Crippen MR) is 69.5 cm³/mol. The van der Waals surface area contributed by atoms with Crippen molar-refractivity contribution in [1.29, 1.82) is 0 Å². The number of hydrogen-bond acceptors (Lipinski definition) is 2. The molecule has 0 bridgehead atoms. The molecule has 1 N–H and O–H groups in total. The van der Waals surface area contributed by atoms with Gasteiger partial charge < -0.3 is 10.0 Å². The van der Waals surface area contributed by atoms with Crippen LogP contribution in [0.25, 0.3) is 0 Å². The van der Waals surface area contributed by atoms with Crippen LogP contribution in [0.2, 0.25) is 0 Å². The lowest BCUT2D eigenvalue weighted by Gasteiger charge is -2.36. The standard InChI is InChI=1S/C14H29NO/c1-5-13(6-2)15(4)10-12-9-11(3)7-8-14(12)16/h11-14,16H,5-10H2,1-4H3. The molecule has 0 aromatic heterocycles. The minimum atomic E-state index is -0.0620. The van der Waals surface area contributed by atoms with Crippen molar-refractivity contribution in [3.63, 3.8) is 0 Å². The van der Waals surface area contributed by atoms with Crippen molar-refractivity contribution in [2.45, 2.75) is 65.0 Å². The lowest BCUT2D eigenvalue weighted by atomic mass is 9.80. The SMILES string of the molecule is CCC(CC)N(C)CC1CC(C)CCC1O. The van der Waals surface area contributed by atoms with Crippen LogP contribution in [-0.2, 0) is 0 Å². The molecule has 0 spiro atoms. The maximum Gasteiger partial charge on any atom is 0.0580 e. The summed E-state index contributed by atoms with van der Waals surface area (Å²) in [6.07, 6.45) is 5.77. The number of aliphatic hydroxyl groups excluding tert-OH is 1. The zero-order valence-electron chi connectivity index (χ0n) is 11.4. The van der Waals surface area contributed by atoms with Crippen molar-refractivity contribution in [3.05, 3.63) is 0 Å². The van der Waals surface area contributed by atoms with Crippen LogP contribution in [0.3, 0.4) is 0 Å². The Bertz CT molecular complexity index is 191. The molecule has 1 saturated carbocycles. The van der Waals surface area contributed by atoms with Crippen molar-refractivity contribution in [2.24, 2.45) is 11.8 Å². The first kappa shape index (κ1) is 14.0. The van der Waals surface area contributed by atoms with E-state index in [4.69, 9.17) is 0 Å². The highest BCUT2D eigenvalue weighted by molar-refractivity contribution is 4.81. The Labute approximate surface area is 101 Å². The fraction of sp³-hybridized carbons (Fsp3) is 1.00. The Hall–Kier alpha value is -0.0800. The molecule has 1 rings (SSSR count). The molecule has 0 aromatic carbocycles. The molecule has 0 radical (unpaired) electrons. The minimum absolute atomic E-state index is 0.0620. The van der Waals surface area contributed by atoms with Gasteiger partial charge in [0.2, 0.25) is 0 Å². The Morgan fingerprint density at radius 2 is 1.88 bits per heavy atom. The lowest BCUT2D eigenvalue weighted by Crippen LogP contribution is -2.41. The van der Waals surface area contributed by atoms with Crippen molar-refractivity contribution in [3.8, 4) is 0 Å². The van der Waals surface area contributed by atoms with Crippen LogP contribution in [-0.4, -0.2) is 35.7 Å². The summed E-state index contributed by atoms with van der Waals surface area (Å²) in [7, 11) is 2.21. The highest BCUT2D eigenvalue weighted by Gasteiger charge is 2.28. The Morgan fingerprint density at radius 3 is 2.44 bits per heavy atom. The summed E-state index contributed by atoms with van der Waals surface area (Å²) in [6, 6.07) is 0.685. The van der Waals surface area contributed by atoms with Gasteiger partial charge in [-0.3, -0.25) is 0 Å². The topological polar surface area (TPSA) is 23.5 Å². The van der Waals surface area contributed by atoms with Gasteiger partial charge in [-0.1, -0.05) is 20.8 Å². The monoisotopic (exact) mass is 227 g/mol. The first-order valence-electron chi connectivity index (χ1n) is 6.96. The molecule has 0 saturated heterocycles. The molecule has 1 aliphatic carbocycles. The van der Waals surface area contributed by atoms with Gasteiger partial charge in [0.15, 0.2) is 0 Å². The Balaban J connectivity index is 2.44. The van der Waals surface area contributed by atoms with Gasteiger partial charge in [0.1, 0.15) is 0 Å². The lowest BCUT2D eigenvalue weighted by molar-refractivity contribution is 0.0270. The molecule has 2 heteroatoms. The quantitative estimate of drug-likeness (QED) is 0.780. The van der Waals surface area contributed by atoms with Gasteiger partial charge in [-0.15, -0.1) is 0 Å². The minimum Gasteiger partial charge on any atom is -0.393 e. The van der Waals surface area contributed by atoms with E-state index in [1.54, 1.807) is 0 Å². The number of hydrogen-bond donors (Lipinski definition) is 1. The summed E-state index contributed by atoms with van der Waals surface area (Å²) in [6.45, 7) is 7.89. The zero-order chi connectivity index (χ0) is 12.1. The van der Waals surface area contributed by atoms with Crippen LogP contribution in [0.5, 0.6) is 0 Å². The van der Waals surface area contributed by atoms with Gasteiger partial charge in [-0.05, 0) is 51.0 Å².